The molecule has 1 saturated carbocycles. The second-order valence-electron chi connectivity index (χ2n) is 13.0. The van der Waals surface area contributed by atoms with E-state index in [-0.39, 0.29) is 30.5 Å². The largest absolute Gasteiger partial charge is 0.413 e. The maximum Gasteiger partial charge on any atom is 0.208 e. The van der Waals surface area contributed by atoms with Gasteiger partial charge >= 0.3 is 0 Å². The van der Waals surface area contributed by atoms with E-state index in [0.29, 0.717) is 49.0 Å². The maximum absolute atomic E-state index is 13.8. The molecule has 3 N–H and O–H groups in total. The number of aliphatic hydroxyl groups is 2. The Morgan fingerprint density at radius 1 is 1.16 bits per heavy atom. The highest BCUT2D eigenvalue weighted by molar-refractivity contribution is 7.14. The van der Waals surface area contributed by atoms with Crippen molar-refractivity contribution < 1.29 is 19.4 Å². The summed E-state index contributed by atoms with van der Waals surface area (Å²) < 4.78 is 7.10. The molecule has 234 valence electrons. The molecular weight excluding hydrogens is 598 g/mol. The molecule has 10 heteroatoms. The molecule has 1 fully saturated rings. The van der Waals surface area contributed by atoms with E-state index >= 15 is 0 Å². The first-order valence-electron chi connectivity index (χ1n) is 15.2. The van der Waals surface area contributed by atoms with Gasteiger partial charge in [-0.2, -0.15) is 0 Å². The lowest BCUT2D eigenvalue weighted by atomic mass is 9.88. The van der Waals surface area contributed by atoms with Crippen molar-refractivity contribution in [2.45, 2.75) is 103 Å². The number of ketones is 1. The van der Waals surface area contributed by atoms with E-state index in [1.807, 2.05) is 13.0 Å². The summed E-state index contributed by atoms with van der Waals surface area (Å²) in [6, 6.07) is 8.88. The Morgan fingerprint density at radius 3 is 2.44 bits per heavy atom. The maximum atomic E-state index is 13.8. The lowest BCUT2D eigenvalue weighted by Crippen LogP contribution is -2.51. The van der Waals surface area contributed by atoms with Gasteiger partial charge in [0, 0.05) is 40.2 Å². The number of rotatable bonds is 12. The molecule has 2 heterocycles. The van der Waals surface area contributed by atoms with Gasteiger partial charge in [-0.1, -0.05) is 65.3 Å². The third-order valence-corrected chi connectivity index (χ3v) is 16.7. The number of nitrogens with one attached hydrogen (secondary N) is 1. The summed E-state index contributed by atoms with van der Waals surface area (Å²) in [6.45, 7) is 17.3. The molecule has 0 saturated heterocycles. The molecule has 7 nitrogen and oxygen atoms in total. The summed E-state index contributed by atoms with van der Waals surface area (Å²) in [4.78, 5) is 23.8. The first kappa shape index (κ1) is 33.7. The zero-order valence-electron chi connectivity index (χ0n) is 26.5. The molecule has 3 aromatic rings. The minimum absolute atomic E-state index is 0.00835. The molecule has 0 spiro atoms. The lowest BCUT2D eigenvalue weighted by Gasteiger charge is -2.45. The minimum atomic E-state index is -2.14. The number of thiophene rings is 1. The highest BCUT2D eigenvalue weighted by Crippen LogP contribution is 2.46. The van der Waals surface area contributed by atoms with Crippen LogP contribution in [0.4, 0.5) is 5.82 Å². The predicted molar refractivity (Wildman–Crippen MR) is 178 cm³/mol. The van der Waals surface area contributed by atoms with Gasteiger partial charge in [0.2, 0.25) is 14.1 Å². The van der Waals surface area contributed by atoms with Crippen LogP contribution in [-0.2, 0) is 10.0 Å². The van der Waals surface area contributed by atoms with Crippen LogP contribution < -0.4 is 5.32 Å². The van der Waals surface area contributed by atoms with Crippen molar-refractivity contribution in [1.82, 2.24) is 9.97 Å². The van der Waals surface area contributed by atoms with E-state index in [1.54, 1.807) is 37.4 Å². The minimum Gasteiger partial charge on any atom is -0.413 e. The number of hydrogen-bond donors (Lipinski definition) is 3. The average Bonchev–Trinajstić information content (AvgIpc) is 3.53. The van der Waals surface area contributed by atoms with Crippen molar-refractivity contribution in [2.24, 2.45) is 5.92 Å². The van der Waals surface area contributed by atoms with E-state index in [2.05, 4.69) is 56.8 Å². The van der Waals surface area contributed by atoms with Crippen molar-refractivity contribution in [3.05, 3.63) is 74.3 Å². The average molecular weight is 644 g/mol. The first-order chi connectivity index (χ1) is 20.2. The number of nitrogens with zero attached hydrogens (tertiary/aromatic N) is 2. The number of halogens is 1. The SMILES string of the molecule is Cc1sc(C(=O)c2cncnc2N[C@@H]2C[C@H](CO)[C@@H](O[Si](C(C)C)(C(C)C)C(C)C)C2)cc1C(C)(O)c1cccc(Cl)c1. The molecule has 0 bridgehead atoms. The van der Waals surface area contributed by atoms with Gasteiger partial charge in [-0.25, -0.2) is 9.97 Å². The molecule has 1 aliphatic carbocycles. The van der Waals surface area contributed by atoms with Crippen LogP contribution in [0, 0.1) is 12.8 Å². The first-order valence-corrected chi connectivity index (χ1v) is 18.5. The molecule has 4 rings (SSSR count). The second kappa shape index (κ2) is 13.5. The van der Waals surface area contributed by atoms with Crippen LogP contribution in [0.1, 0.15) is 92.5 Å². The fraction of sp³-hybridized carbons (Fsp3) is 0.545. The van der Waals surface area contributed by atoms with Crippen molar-refractivity contribution >= 4 is 42.9 Å². The Hall–Kier alpha value is -2.14. The fourth-order valence-corrected chi connectivity index (χ4v) is 14.1. The number of aromatic nitrogens is 2. The number of carbonyl (C=O) groups excluding carboxylic acids is 1. The van der Waals surface area contributed by atoms with Crippen LogP contribution >= 0.6 is 22.9 Å². The van der Waals surface area contributed by atoms with Crippen LogP contribution in [0.25, 0.3) is 0 Å². The van der Waals surface area contributed by atoms with Crippen LogP contribution in [-0.4, -0.2) is 53.0 Å². The second-order valence-corrected chi connectivity index (χ2v) is 20.1. The number of anilines is 1. The Labute approximate surface area is 266 Å². The molecule has 1 aliphatic rings. The van der Waals surface area contributed by atoms with Crippen LogP contribution in [0.15, 0.2) is 42.9 Å². The number of hydrogen-bond acceptors (Lipinski definition) is 8. The quantitative estimate of drug-likeness (QED) is 0.137. The molecular formula is C33H46ClN3O4SSi. The number of benzene rings is 1. The topological polar surface area (TPSA) is 105 Å². The summed E-state index contributed by atoms with van der Waals surface area (Å²) in [5.41, 5.74) is 1.70. The van der Waals surface area contributed by atoms with E-state index in [4.69, 9.17) is 16.0 Å². The van der Waals surface area contributed by atoms with E-state index in [0.717, 1.165) is 17.7 Å². The number of aliphatic hydroxyl groups excluding tert-OH is 1. The third-order valence-electron chi connectivity index (χ3n) is 9.28. The van der Waals surface area contributed by atoms with Gasteiger partial charge in [-0.3, -0.25) is 4.79 Å². The summed E-state index contributed by atoms with van der Waals surface area (Å²) in [5, 5.41) is 25.9. The number of carbonyl (C=O) groups is 1. The normalized spacial score (nSPS) is 20.7. The Kier molecular flexibility index (Phi) is 10.6. The van der Waals surface area contributed by atoms with Crippen molar-refractivity contribution in [3.8, 4) is 0 Å². The van der Waals surface area contributed by atoms with Gasteiger partial charge in [0.05, 0.1) is 16.5 Å². The van der Waals surface area contributed by atoms with Gasteiger partial charge < -0.3 is 20.0 Å². The van der Waals surface area contributed by atoms with E-state index < -0.39 is 13.9 Å². The summed E-state index contributed by atoms with van der Waals surface area (Å²) in [7, 11) is -2.14. The Balaban J connectivity index is 1.57. The van der Waals surface area contributed by atoms with E-state index in [1.165, 1.54) is 17.7 Å². The summed E-state index contributed by atoms with van der Waals surface area (Å²) in [5.74, 6) is 0.272. The molecule has 4 atom stereocenters. The predicted octanol–water partition coefficient (Wildman–Crippen LogP) is 7.73. The Morgan fingerprint density at radius 2 is 1.84 bits per heavy atom. The monoisotopic (exact) mass is 643 g/mol. The number of aryl methyl sites for hydroxylation is 1. The molecule has 0 amide bonds. The van der Waals surface area contributed by atoms with Crippen molar-refractivity contribution in [2.75, 3.05) is 11.9 Å². The van der Waals surface area contributed by atoms with Crippen LogP contribution in [0.5, 0.6) is 0 Å². The molecule has 2 aromatic heterocycles. The lowest BCUT2D eigenvalue weighted by molar-refractivity contribution is 0.0941. The standard InChI is InChI=1S/C33H46ClN3O4SSi/c1-19(2)43(20(3)4,21(5)6)41-29-14-26(12-23(29)17-38)37-32-27(16-35-18-36-32)31(39)30-15-28(22(7)42-30)33(8,40)24-10-9-11-25(34)13-24/h9-11,13,15-16,18-21,23,26,29,38,40H,12,14,17H2,1-8H3,(H,35,36,37)/t23-,26-,29+,33?/m1/s1. The van der Waals surface area contributed by atoms with Gasteiger partial charge in [-0.05, 0) is 67.1 Å². The third kappa shape index (κ3) is 6.77. The van der Waals surface area contributed by atoms with Gasteiger partial charge in [0.15, 0.2) is 0 Å². The van der Waals surface area contributed by atoms with Gasteiger partial charge in [0.1, 0.15) is 17.7 Å². The molecule has 0 aliphatic heterocycles. The van der Waals surface area contributed by atoms with Gasteiger partial charge in [-0.15, -0.1) is 11.3 Å². The highest BCUT2D eigenvalue weighted by Gasteiger charge is 2.49. The molecule has 0 radical (unpaired) electrons. The zero-order valence-corrected chi connectivity index (χ0v) is 29.1. The fourth-order valence-electron chi connectivity index (χ4n) is 7.17. The summed E-state index contributed by atoms with van der Waals surface area (Å²) >= 11 is 7.54. The smallest absolute Gasteiger partial charge is 0.208 e. The van der Waals surface area contributed by atoms with E-state index in [9.17, 15) is 15.0 Å². The van der Waals surface area contributed by atoms with Gasteiger partial charge in [0.25, 0.3) is 0 Å². The highest BCUT2D eigenvalue weighted by atomic mass is 35.5. The molecule has 1 aromatic carbocycles. The van der Waals surface area contributed by atoms with Crippen LogP contribution in [0.2, 0.25) is 21.6 Å². The molecule has 43 heavy (non-hydrogen) atoms. The van der Waals surface area contributed by atoms with Crippen LogP contribution in [0.3, 0.4) is 0 Å². The van der Waals surface area contributed by atoms with Crippen molar-refractivity contribution in [1.29, 1.82) is 0 Å². The summed E-state index contributed by atoms with van der Waals surface area (Å²) in [6.07, 6.45) is 4.38. The Bertz CT molecular complexity index is 1400. The van der Waals surface area contributed by atoms with Crippen molar-refractivity contribution in [3.63, 3.8) is 0 Å². The zero-order chi connectivity index (χ0) is 31.7. The molecule has 1 unspecified atom stereocenters.